The second kappa shape index (κ2) is 6.44. The molecule has 0 unspecified atom stereocenters. The standard InChI is InChI=1S/C18H15FN2O2/c1-2-23-17-11-12(19)7-8-16(17)21-18(22)14-9-10-20-15-6-4-3-5-13(14)15/h3-11H,2H2,1H3,(H,21,22). The quantitative estimate of drug-likeness (QED) is 0.791. The summed E-state index contributed by atoms with van der Waals surface area (Å²) in [5.41, 5.74) is 1.67. The van der Waals surface area contributed by atoms with Crippen molar-refractivity contribution in [2.75, 3.05) is 11.9 Å². The molecule has 4 nitrogen and oxygen atoms in total. The van der Waals surface area contributed by atoms with Crippen molar-refractivity contribution in [3.8, 4) is 5.75 Å². The summed E-state index contributed by atoms with van der Waals surface area (Å²) in [5, 5.41) is 3.53. The van der Waals surface area contributed by atoms with E-state index in [4.69, 9.17) is 4.74 Å². The zero-order valence-corrected chi connectivity index (χ0v) is 12.5. The van der Waals surface area contributed by atoms with Gasteiger partial charge in [-0.1, -0.05) is 18.2 Å². The number of hydrogen-bond acceptors (Lipinski definition) is 3. The molecule has 0 saturated carbocycles. The molecule has 0 aliphatic carbocycles. The van der Waals surface area contributed by atoms with Crippen molar-refractivity contribution in [2.45, 2.75) is 6.92 Å². The Labute approximate surface area is 132 Å². The van der Waals surface area contributed by atoms with Crippen LogP contribution in [0, 0.1) is 5.82 Å². The van der Waals surface area contributed by atoms with Crippen LogP contribution in [0.25, 0.3) is 10.9 Å². The van der Waals surface area contributed by atoms with E-state index in [1.165, 1.54) is 18.2 Å². The van der Waals surface area contributed by atoms with Gasteiger partial charge in [0.2, 0.25) is 0 Å². The van der Waals surface area contributed by atoms with Crippen molar-refractivity contribution in [1.29, 1.82) is 0 Å². The maximum absolute atomic E-state index is 13.3. The molecule has 1 N–H and O–H groups in total. The smallest absolute Gasteiger partial charge is 0.256 e. The van der Waals surface area contributed by atoms with Gasteiger partial charge < -0.3 is 10.1 Å². The predicted molar refractivity (Wildman–Crippen MR) is 87.3 cm³/mol. The number of hydrogen-bond donors (Lipinski definition) is 1. The number of amides is 1. The number of para-hydroxylation sites is 1. The molecule has 5 heteroatoms. The number of halogens is 1. The third-order valence-electron chi connectivity index (χ3n) is 3.39. The molecule has 0 radical (unpaired) electrons. The maximum atomic E-state index is 13.3. The SMILES string of the molecule is CCOc1cc(F)ccc1NC(=O)c1ccnc2ccccc12. The Kier molecular flexibility index (Phi) is 4.19. The first-order chi connectivity index (χ1) is 11.2. The predicted octanol–water partition coefficient (Wildman–Crippen LogP) is 4.02. The number of benzene rings is 2. The Balaban J connectivity index is 1.95. The normalized spacial score (nSPS) is 10.5. The highest BCUT2D eigenvalue weighted by Crippen LogP contribution is 2.27. The highest BCUT2D eigenvalue weighted by atomic mass is 19.1. The molecule has 1 amide bonds. The minimum atomic E-state index is -0.416. The van der Waals surface area contributed by atoms with Gasteiger partial charge in [-0.05, 0) is 31.2 Å². The van der Waals surface area contributed by atoms with E-state index in [2.05, 4.69) is 10.3 Å². The van der Waals surface area contributed by atoms with Crippen molar-refractivity contribution < 1.29 is 13.9 Å². The van der Waals surface area contributed by atoms with E-state index < -0.39 is 5.82 Å². The van der Waals surface area contributed by atoms with E-state index in [1.54, 1.807) is 19.2 Å². The number of nitrogens with one attached hydrogen (secondary N) is 1. The van der Waals surface area contributed by atoms with E-state index in [-0.39, 0.29) is 5.91 Å². The largest absolute Gasteiger partial charge is 0.492 e. The van der Waals surface area contributed by atoms with Gasteiger partial charge in [-0.15, -0.1) is 0 Å². The summed E-state index contributed by atoms with van der Waals surface area (Å²) in [6.07, 6.45) is 1.59. The summed E-state index contributed by atoms with van der Waals surface area (Å²) in [6.45, 7) is 2.18. The lowest BCUT2D eigenvalue weighted by Gasteiger charge is -2.12. The van der Waals surface area contributed by atoms with E-state index >= 15 is 0 Å². The highest BCUT2D eigenvalue weighted by molar-refractivity contribution is 6.12. The summed E-state index contributed by atoms with van der Waals surface area (Å²) >= 11 is 0. The molecule has 0 aliphatic heterocycles. The van der Waals surface area contributed by atoms with E-state index in [0.29, 0.717) is 23.6 Å². The molecule has 1 aromatic heterocycles. The Bertz CT molecular complexity index is 859. The third kappa shape index (κ3) is 3.13. The number of pyridine rings is 1. The van der Waals surface area contributed by atoms with Crippen LogP contribution in [0.1, 0.15) is 17.3 Å². The average Bonchev–Trinajstić information content (AvgIpc) is 2.57. The summed E-state index contributed by atoms with van der Waals surface area (Å²) in [5.74, 6) is -0.406. The van der Waals surface area contributed by atoms with Crippen LogP contribution in [-0.2, 0) is 0 Å². The molecule has 3 aromatic rings. The zero-order valence-electron chi connectivity index (χ0n) is 12.5. The van der Waals surface area contributed by atoms with Crippen LogP contribution >= 0.6 is 0 Å². The highest BCUT2D eigenvalue weighted by Gasteiger charge is 2.13. The second-order valence-electron chi connectivity index (χ2n) is 4.90. The molecule has 0 saturated heterocycles. The third-order valence-corrected chi connectivity index (χ3v) is 3.39. The average molecular weight is 310 g/mol. The van der Waals surface area contributed by atoms with Gasteiger partial charge in [0.25, 0.3) is 5.91 Å². The van der Waals surface area contributed by atoms with Gasteiger partial charge in [0, 0.05) is 17.6 Å². The maximum Gasteiger partial charge on any atom is 0.256 e. The fourth-order valence-corrected chi connectivity index (χ4v) is 2.36. The van der Waals surface area contributed by atoms with Crippen molar-refractivity contribution in [1.82, 2.24) is 4.98 Å². The number of carbonyl (C=O) groups excluding carboxylic acids is 1. The van der Waals surface area contributed by atoms with Gasteiger partial charge in [0.15, 0.2) is 0 Å². The number of nitrogens with zero attached hydrogens (tertiary/aromatic N) is 1. The topological polar surface area (TPSA) is 51.2 Å². The van der Waals surface area contributed by atoms with E-state index in [0.717, 1.165) is 10.9 Å². The lowest BCUT2D eigenvalue weighted by atomic mass is 10.1. The van der Waals surface area contributed by atoms with Crippen LogP contribution in [0.3, 0.4) is 0 Å². The number of fused-ring (bicyclic) bond motifs is 1. The Morgan fingerprint density at radius 3 is 2.87 bits per heavy atom. The summed E-state index contributed by atoms with van der Waals surface area (Å²) in [4.78, 5) is 16.8. The van der Waals surface area contributed by atoms with Crippen molar-refractivity contribution in [3.05, 3.63) is 66.1 Å². The van der Waals surface area contributed by atoms with Crippen molar-refractivity contribution in [3.63, 3.8) is 0 Å². The molecule has 2 aromatic carbocycles. The zero-order chi connectivity index (χ0) is 16.2. The summed E-state index contributed by atoms with van der Waals surface area (Å²) in [6, 6.07) is 13.1. The van der Waals surface area contributed by atoms with Crippen molar-refractivity contribution >= 4 is 22.5 Å². The lowest BCUT2D eigenvalue weighted by molar-refractivity contribution is 0.102. The Hall–Kier alpha value is -2.95. The molecule has 0 spiro atoms. The second-order valence-corrected chi connectivity index (χ2v) is 4.90. The number of aromatic nitrogens is 1. The first-order valence-corrected chi connectivity index (χ1v) is 7.26. The van der Waals surface area contributed by atoms with E-state index in [1.807, 2.05) is 24.3 Å². The first kappa shape index (κ1) is 15.0. The molecule has 0 bridgehead atoms. The minimum absolute atomic E-state index is 0.295. The molecular weight excluding hydrogens is 295 g/mol. The Morgan fingerprint density at radius 2 is 2.04 bits per heavy atom. The first-order valence-electron chi connectivity index (χ1n) is 7.26. The number of ether oxygens (including phenoxy) is 1. The van der Waals surface area contributed by atoms with Gasteiger partial charge in [-0.3, -0.25) is 9.78 Å². The van der Waals surface area contributed by atoms with Crippen LogP contribution in [0.5, 0.6) is 5.75 Å². The monoisotopic (exact) mass is 310 g/mol. The summed E-state index contributed by atoms with van der Waals surface area (Å²) < 4.78 is 18.7. The molecule has 116 valence electrons. The van der Waals surface area contributed by atoms with Crippen LogP contribution < -0.4 is 10.1 Å². The van der Waals surface area contributed by atoms with Gasteiger partial charge >= 0.3 is 0 Å². The summed E-state index contributed by atoms with van der Waals surface area (Å²) in [7, 11) is 0. The molecule has 1 heterocycles. The molecule has 0 fully saturated rings. The minimum Gasteiger partial charge on any atom is -0.492 e. The van der Waals surface area contributed by atoms with Crippen molar-refractivity contribution in [2.24, 2.45) is 0 Å². The van der Waals surface area contributed by atoms with Gasteiger partial charge in [0.1, 0.15) is 11.6 Å². The lowest BCUT2D eigenvalue weighted by Crippen LogP contribution is -2.13. The molecule has 23 heavy (non-hydrogen) atoms. The van der Waals surface area contributed by atoms with Crippen LogP contribution in [0.15, 0.2) is 54.7 Å². The van der Waals surface area contributed by atoms with Crippen LogP contribution in [-0.4, -0.2) is 17.5 Å². The van der Waals surface area contributed by atoms with Crippen LogP contribution in [0.4, 0.5) is 10.1 Å². The van der Waals surface area contributed by atoms with Crippen LogP contribution in [0.2, 0.25) is 0 Å². The fraction of sp³-hybridized carbons (Fsp3) is 0.111. The molecular formula is C18H15FN2O2. The van der Waals surface area contributed by atoms with Gasteiger partial charge in [-0.25, -0.2) is 4.39 Å². The number of anilines is 1. The van der Waals surface area contributed by atoms with Gasteiger partial charge in [-0.2, -0.15) is 0 Å². The van der Waals surface area contributed by atoms with Gasteiger partial charge in [0.05, 0.1) is 23.4 Å². The number of rotatable bonds is 4. The molecule has 3 rings (SSSR count). The Morgan fingerprint density at radius 1 is 1.22 bits per heavy atom. The fourth-order valence-electron chi connectivity index (χ4n) is 2.36. The molecule has 0 atom stereocenters. The van der Waals surface area contributed by atoms with E-state index in [9.17, 15) is 9.18 Å². The molecule has 0 aliphatic rings. The number of carbonyl (C=O) groups is 1.